The molecule has 0 unspecified atom stereocenters. The number of ether oxygens (including phenoxy) is 1. The molecule has 1 aliphatic rings. The van der Waals surface area contributed by atoms with Crippen LogP contribution in [0, 0.1) is 11.3 Å². The van der Waals surface area contributed by atoms with E-state index in [2.05, 4.69) is 13.0 Å². The van der Waals surface area contributed by atoms with Gasteiger partial charge in [0.1, 0.15) is 11.8 Å². The van der Waals surface area contributed by atoms with Crippen LogP contribution >= 0.6 is 0 Å². The molecule has 98 valence electrons. The fourth-order valence-corrected chi connectivity index (χ4v) is 2.60. The first-order valence-electron chi connectivity index (χ1n) is 6.81. The van der Waals surface area contributed by atoms with Gasteiger partial charge in [0.15, 0.2) is 0 Å². The summed E-state index contributed by atoms with van der Waals surface area (Å²) in [7, 11) is 0. The van der Waals surface area contributed by atoms with Crippen LogP contribution in [0.25, 0.3) is 0 Å². The highest BCUT2D eigenvalue weighted by molar-refractivity contribution is 5.55. The van der Waals surface area contributed by atoms with Gasteiger partial charge in [-0.2, -0.15) is 5.26 Å². The highest BCUT2D eigenvalue weighted by atomic mass is 16.5. The maximum absolute atomic E-state index is 9.21. The van der Waals surface area contributed by atoms with Gasteiger partial charge in [0.25, 0.3) is 0 Å². The maximum atomic E-state index is 9.21. The summed E-state index contributed by atoms with van der Waals surface area (Å²) in [5, 5.41) is 9.21. The quantitative estimate of drug-likeness (QED) is 0.812. The zero-order valence-corrected chi connectivity index (χ0v) is 11.0. The van der Waals surface area contributed by atoms with E-state index in [0.717, 1.165) is 25.7 Å². The van der Waals surface area contributed by atoms with Gasteiger partial charge in [0.2, 0.25) is 5.88 Å². The zero-order valence-electron chi connectivity index (χ0n) is 11.0. The zero-order chi connectivity index (χ0) is 13.0. The summed E-state index contributed by atoms with van der Waals surface area (Å²) < 4.78 is 7.80. The van der Waals surface area contributed by atoms with E-state index in [4.69, 9.17) is 10.5 Å². The Morgan fingerprint density at radius 2 is 2.22 bits per heavy atom. The minimum absolute atomic E-state index is 0.383. The van der Waals surface area contributed by atoms with E-state index in [9.17, 15) is 5.26 Å². The standard InChI is InChI=1S/C14H21N3O/c1-2-3-8-18-14-13(16)9-12(10-15)17(14)11-6-4-5-7-11/h9,11H,2-8,16H2,1H3. The second-order valence-corrected chi connectivity index (χ2v) is 4.91. The molecule has 4 nitrogen and oxygen atoms in total. The van der Waals surface area contributed by atoms with Crippen molar-refractivity contribution in [2.75, 3.05) is 12.3 Å². The van der Waals surface area contributed by atoms with Crippen molar-refractivity contribution in [3.8, 4) is 11.9 Å². The summed E-state index contributed by atoms with van der Waals surface area (Å²) >= 11 is 0. The van der Waals surface area contributed by atoms with Crippen molar-refractivity contribution >= 4 is 5.69 Å². The van der Waals surface area contributed by atoms with Gasteiger partial charge in [-0.1, -0.05) is 26.2 Å². The molecular formula is C14H21N3O. The van der Waals surface area contributed by atoms with E-state index in [1.807, 2.05) is 4.57 Å². The number of nitriles is 1. The van der Waals surface area contributed by atoms with Crippen molar-refractivity contribution < 1.29 is 4.74 Å². The number of hydrogen-bond acceptors (Lipinski definition) is 3. The van der Waals surface area contributed by atoms with E-state index >= 15 is 0 Å². The molecule has 1 heterocycles. The normalized spacial score (nSPS) is 15.8. The average molecular weight is 247 g/mol. The fraction of sp³-hybridized carbons (Fsp3) is 0.643. The molecule has 4 heteroatoms. The van der Waals surface area contributed by atoms with Gasteiger partial charge in [-0.3, -0.25) is 4.57 Å². The summed E-state index contributed by atoms with van der Waals surface area (Å²) in [6, 6.07) is 4.35. The molecule has 2 rings (SSSR count). The third kappa shape index (κ3) is 2.45. The van der Waals surface area contributed by atoms with Crippen molar-refractivity contribution in [2.45, 2.75) is 51.5 Å². The van der Waals surface area contributed by atoms with E-state index < -0.39 is 0 Å². The first kappa shape index (κ1) is 12.8. The first-order chi connectivity index (χ1) is 8.77. The van der Waals surface area contributed by atoms with Crippen LogP contribution in [0.2, 0.25) is 0 Å². The second-order valence-electron chi connectivity index (χ2n) is 4.91. The molecule has 0 saturated heterocycles. The lowest BCUT2D eigenvalue weighted by Gasteiger charge is -2.18. The third-order valence-electron chi connectivity index (χ3n) is 3.56. The number of nitrogen functional groups attached to an aromatic ring is 1. The Balaban J connectivity index is 2.25. The van der Waals surface area contributed by atoms with E-state index in [-0.39, 0.29) is 0 Å². The predicted molar refractivity (Wildman–Crippen MR) is 71.5 cm³/mol. The van der Waals surface area contributed by atoms with Crippen molar-refractivity contribution in [3.05, 3.63) is 11.8 Å². The number of nitrogens with two attached hydrogens (primary N) is 1. The fourth-order valence-electron chi connectivity index (χ4n) is 2.60. The van der Waals surface area contributed by atoms with Crippen LogP contribution in [0.1, 0.15) is 57.2 Å². The number of aromatic nitrogens is 1. The van der Waals surface area contributed by atoms with E-state index in [1.165, 1.54) is 12.8 Å². The van der Waals surface area contributed by atoms with Crippen LogP contribution in [0.3, 0.4) is 0 Å². The van der Waals surface area contributed by atoms with E-state index in [1.54, 1.807) is 6.07 Å². The number of rotatable bonds is 5. The number of hydrogen-bond donors (Lipinski definition) is 1. The molecule has 0 aromatic carbocycles. The molecule has 1 saturated carbocycles. The molecule has 1 aliphatic carbocycles. The lowest BCUT2D eigenvalue weighted by atomic mass is 10.2. The summed E-state index contributed by atoms with van der Waals surface area (Å²) in [4.78, 5) is 0. The average Bonchev–Trinajstić information content (AvgIpc) is 2.98. The minimum Gasteiger partial charge on any atom is -0.477 e. The van der Waals surface area contributed by atoms with Crippen molar-refractivity contribution in [1.82, 2.24) is 4.57 Å². The van der Waals surface area contributed by atoms with Gasteiger partial charge in [-0.05, 0) is 19.3 Å². The van der Waals surface area contributed by atoms with Crippen molar-refractivity contribution in [1.29, 1.82) is 5.26 Å². The Morgan fingerprint density at radius 3 is 2.83 bits per heavy atom. The maximum Gasteiger partial charge on any atom is 0.218 e. The molecule has 0 aliphatic heterocycles. The molecule has 2 N–H and O–H groups in total. The molecule has 1 aromatic heterocycles. The predicted octanol–water partition coefficient (Wildman–Crippen LogP) is 3.24. The molecule has 0 bridgehead atoms. The Morgan fingerprint density at radius 1 is 1.50 bits per heavy atom. The second kappa shape index (κ2) is 5.81. The van der Waals surface area contributed by atoms with Crippen LogP contribution in [0.4, 0.5) is 5.69 Å². The molecule has 0 atom stereocenters. The Kier molecular flexibility index (Phi) is 4.14. The van der Waals surface area contributed by atoms with Gasteiger partial charge in [-0.15, -0.1) is 0 Å². The smallest absolute Gasteiger partial charge is 0.218 e. The summed E-state index contributed by atoms with van der Waals surface area (Å²) in [6.07, 6.45) is 6.79. The molecule has 0 amide bonds. The van der Waals surface area contributed by atoms with Crippen LogP contribution in [0.5, 0.6) is 5.88 Å². The largest absolute Gasteiger partial charge is 0.477 e. The molecule has 0 spiro atoms. The van der Waals surface area contributed by atoms with Gasteiger partial charge in [0.05, 0.1) is 12.3 Å². The number of anilines is 1. The summed E-state index contributed by atoms with van der Waals surface area (Å²) in [6.45, 7) is 2.80. The summed E-state index contributed by atoms with van der Waals surface area (Å²) in [5.41, 5.74) is 7.19. The lowest BCUT2D eigenvalue weighted by Crippen LogP contribution is -2.11. The van der Waals surface area contributed by atoms with Gasteiger partial charge in [-0.25, -0.2) is 0 Å². The van der Waals surface area contributed by atoms with Gasteiger partial charge >= 0.3 is 0 Å². The number of nitrogens with zero attached hydrogens (tertiary/aromatic N) is 2. The van der Waals surface area contributed by atoms with E-state index in [0.29, 0.717) is 29.9 Å². The highest BCUT2D eigenvalue weighted by Crippen LogP contribution is 2.38. The molecular weight excluding hydrogens is 226 g/mol. The van der Waals surface area contributed by atoms with Crippen molar-refractivity contribution in [2.24, 2.45) is 0 Å². The summed E-state index contributed by atoms with van der Waals surface area (Å²) in [5.74, 6) is 0.701. The SMILES string of the molecule is CCCCOc1c(N)cc(C#N)n1C1CCCC1. The Bertz CT molecular complexity index is 439. The van der Waals surface area contributed by atoms with Crippen LogP contribution in [-0.4, -0.2) is 11.2 Å². The van der Waals surface area contributed by atoms with Crippen LogP contribution in [0.15, 0.2) is 6.07 Å². The monoisotopic (exact) mass is 247 g/mol. The Hall–Kier alpha value is -1.63. The minimum atomic E-state index is 0.383. The lowest BCUT2D eigenvalue weighted by molar-refractivity contribution is 0.274. The van der Waals surface area contributed by atoms with Gasteiger partial charge < -0.3 is 10.5 Å². The Labute approximate surface area is 108 Å². The molecule has 1 fully saturated rings. The third-order valence-corrected chi connectivity index (χ3v) is 3.56. The topological polar surface area (TPSA) is 64.0 Å². The van der Waals surface area contributed by atoms with Crippen LogP contribution in [-0.2, 0) is 0 Å². The van der Waals surface area contributed by atoms with Crippen molar-refractivity contribution in [3.63, 3.8) is 0 Å². The first-order valence-corrected chi connectivity index (χ1v) is 6.81. The molecule has 18 heavy (non-hydrogen) atoms. The molecule has 1 aromatic rings. The highest BCUT2D eigenvalue weighted by Gasteiger charge is 2.24. The van der Waals surface area contributed by atoms with Gasteiger partial charge in [0, 0.05) is 12.1 Å². The van der Waals surface area contributed by atoms with Crippen LogP contribution < -0.4 is 10.5 Å². The number of unbranched alkanes of at least 4 members (excludes halogenated alkanes) is 1. The molecule has 0 radical (unpaired) electrons.